The van der Waals surface area contributed by atoms with Gasteiger partial charge in [0.05, 0.1) is 0 Å². The molecule has 1 aliphatic rings. The molecule has 0 radical (unpaired) electrons. The Kier molecular flexibility index (Phi) is 5.10. The molecule has 2 heterocycles. The van der Waals surface area contributed by atoms with Crippen LogP contribution in [0.5, 0.6) is 0 Å². The van der Waals surface area contributed by atoms with Crippen LogP contribution < -0.4 is 5.32 Å². The number of nitrogens with zero attached hydrogens (tertiary/aromatic N) is 2. The highest BCUT2D eigenvalue weighted by atomic mass is 32.2. The van der Waals surface area contributed by atoms with Gasteiger partial charge in [-0.15, -0.1) is 11.3 Å². The van der Waals surface area contributed by atoms with Gasteiger partial charge in [0.25, 0.3) is 0 Å². The maximum Gasteiger partial charge on any atom is 0.182 e. The molecule has 0 spiro atoms. The number of thiazole rings is 1. The van der Waals surface area contributed by atoms with Crippen LogP contribution in [0.25, 0.3) is 0 Å². The van der Waals surface area contributed by atoms with Crippen LogP contribution in [-0.2, 0) is 16.4 Å². The van der Waals surface area contributed by atoms with E-state index < -0.39 is 9.84 Å². The highest BCUT2D eigenvalue weighted by molar-refractivity contribution is 8.00. The van der Waals surface area contributed by atoms with E-state index in [-0.39, 0.29) is 5.37 Å². The summed E-state index contributed by atoms with van der Waals surface area (Å²) in [5, 5.41) is 3.71. The molecule has 19 heavy (non-hydrogen) atoms. The van der Waals surface area contributed by atoms with Crippen molar-refractivity contribution in [3.05, 3.63) is 11.1 Å². The summed E-state index contributed by atoms with van der Waals surface area (Å²) in [5.41, 5.74) is 0. The largest absolute Gasteiger partial charge is 0.362 e. The number of sulfone groups is 1. The van der Waals surface area contributed by atoms with Crippen molar-refractivity contribution in [2.45, 2.75) is 18.8 Å². The zero-order valence-electron chi connectivity index (χ0n) is 11.1. The number of thioether (sulfide) groups is 1. The van der Waals surface area contributed by atoms with E-state index in [9.17, 15) is 8.42 Å². The first kappa shape index (κ1) is 15.1. The van der Waals surface area contributed by atoms with Crippen molar-refractivity contribution in [2.24, 2.45) is 0 Å². The summed E-state index contributed by atoms with van der Waals surface area (Å²) in [7, 11) is -3.02. The van der Waals surface area contributed by atoms with Gasteiger partial charge in [0.2, 0.25) is 0 Å². The molecule has 0 bridgehead atoms. The molecule has 0 amide bonds. The summed E-state index contributed by atoms with van der Waals surface area (Å²) < 4.78 is 23.6. The Hall–Kier alpha value is -0.310. The summed E-state index contributed by atoms with van der Waals surface area (Å²) in [6.07, 6.45) is 3.16. The van der Waals surface area contributed by atoms with E-state index >= 15 is 0 Å². The summed E-state index contributed by atoms with van der Waals surface area (Å²) in [5.74, 6) is 1.66. The fourth-order valence-electron chi connectivity index (χ4n) is 2.00. The first-order chi connectivity index (χ1) is 9.00. The van der Waals surface area contributed by atoms with Gasteiger partial charge in [-0.1, -0.05) is 0 Å². The van der Waals surface area contributed by atoms with Crippen LogP contribution in [-0.4, -0.2) is 54.5 Å². The van der Waals surface area contributed by atoms with Crippen molar-refractivity contribution in [3.8, 4) is 0 Å². The van der Waals surface area contributed by atoms with Gasteiger partial charge < -0.3 is 5.32 Å². The maximum atomic E-state index is 11.8. The van der Waals surface area contributed by atoms with E-state index in [0.717, 1.165) is 28.9 Å². The molecule has 1 atom stereocenters. The van der Waals surface area contributed by atoms with E-state index in [0.29, 0.717) is 12.3 Å². The molecule has 1 aromatic heterocycles. The van der Waals surface area contributed by atoms with Crippen LogP contribution in [0, 0.1) is 0 Å². The predicted molar refractivity (Wildman–Crippen MR) is 82.6 cm³/mol. The Morgan fingerprint density at radius 1 is 1.58 bits per heavy atom. The molecular weight excluding hydrogens is 302 g/mol. The lowest BCUT2D eigenvalue weighted by molar-refractivity contribution is 0.264. The average molecular weight is 321 g/mol. The van der Waals surface area contributed by atoms with Crippen LogP contribution >= 0.6 is 23.1 Å². The van der Waals surface area contributed by atoms with Crippen molar-refractivity contribution in [2.75, 3.05) is 36.2 Å². The number of nitrogens with one attached hydrogen (secondary N) is 1. The molecule has 108 valence electrons. The average Bonchev–Trinajstić information content (AvgIpc) is 2.76. The van der Waals surface area contributed by atoms with E-state index in [4.69, 9.17) is 0 Å². The Labute approximate surface area is 122 Å². The Morgan fingerprint density at radius 2 is 2.37 bits per heavy atom. The zero-order valence-corrected chi connectivity index (χ0v) is 13.6. The quantitative estimate of drug-likeness (QED) is 0.887. The first-order valence-corrected chi connectivity index (χ1v) is 10.1. The standard InChI is InChI=1S/C11H19N3O2S3/c1-3-12-11-13-6-9(18-11)7-14-4-5-17-8-10(14)19(2,15)16/h6,10H,3-5,7-8H2,1-2H3,(H,12,13). The highest BCUT2D eigenvalue weighted by Crippen LogP contribution is 2.25. The second kappa shape index (κ2) is 6.43. The second-order valence-corrected chi connectivity index (χ2v) is 8.96. The van der Waals surface area contributed by atoms with E-state index in [1.807, 2.05) is 13.1 Å². The summed E-state index contributed by atoms with van der Waals surface area (Å²) in [6, 6.07) is 0. The van der Waals surface area contributed by atoms with Crippen LogP contribution in [0.1, 0.15) is 11.8 Å². The third-order valence-corrected chi connectivity index (χ3v) is 6.55. The molecule has 1 unspecified atom stereocenters. The van der Waals surface area contributed by atoms with Gasteiger partial charge in [0.1, 0.15) is 5.37 Å². The number of rotatable bonds is 5. The molecule has 1 fully saturated rings. The molecule has 0 saturated carbocycles. The normalized spacial score (nSPS) is 21.5. The number of anilines is 1. The summed E-state index contributed by atoms with van der Waals surface area (Å²) in [6.45, 7) is 4.36. The lowest BCUT2D eigenvalue weighted by Gasteiger charge is -2.33. The fourth-order valence-corrected chi connectivity index (χ4v) is 5.85. The maximum absolute atomic E-state index is 11.8. The minimum absolute atomic E-state index is 0.365. The first-order valence-electron chi connectivity index (χ1n) is 6.20. The molecule has 1 N–H and O–H groups in total. The van der Waals surface area contributed by atoms with E-state index in [1.165, 1.54) is 6.26 Å². The van der Waals surface area contributed by atoms with Gasteiger partial charge in [0.15, 0.2) is 15.0 Å². The van der Waals surface area contributed by atoms with Crippen molar-refractivity contribution in [1.82, 2.24) is 9.88 Å². The fraction of sp³-hybridized carbons (Fsp3) is 0.727. The van der Waals surface area contributed by atoms with E-state index in [2.05, 4.69) is 15.2 Å². The summed E-state index contributed by atoms with van der Waals surface area (Å²) >= 11 is 3.31. The third-order valence-electron chi connectivity index (χ3n) is 2.93. The van der Waals surface area contributed by atoms with Crippen LogP contribution in [0.15, 0.2) is 6.20 Å². The number of hydrogen-bond donors (Lipinski definition) is 1. The molecule has 2 rings (SSSR count). The van der Waals surface area contributed by atoms with Gasteiger partial charge in [0, 0.05) is 48.5 Å². The van der Waals surface area contributed by atoms with Gasteiger partial charge in [-0.3, -0.25) is 4.90 Å². The Balaban J connectivity index is 2.06. The van der Waals surface area contributed by atoms with Gasteiger partial charge in [-0.05, 0) is 6.92 Å². The minimum atomic E-state index is -3.02. The summed E-state index contributed by atoms with van der Waals surface area (Å²) in [4.78, 5) is 7.44. The molecule has 0 aliphatic carbocycles. The monoisotopic (exact) mass is 321 g/mol. The lowest BCUT2D eigenvalue weighted by Crippen LogP contribution is -2.46. The SMILES string of the molecule is CCNc1ncc(CN2CCSCC2S(C)(=O)=O)s1. The van der Waals surface area contributed by atoms with Gasteiger partial charge in [-0.25, -0.2) is 13.4 Å². The van der Waals surface area contributed by atoms with Crippen LogP contribution in [0.2, 0.25) is 0 Å². The molecule has 1 aliphatic heterocycles. The number of hydrogen-bond acceptors (Lipinski definition) is 7. The van der Waals surface area contributed by atoms with E-state index in [1.54, 1.807) is 23.1 Å². The molecule has 8 heteroatoms. The van der Waals surface area contributed by atoms with Gasteiger partial charge >= 0.3 is 0 Å². The number of aromatic nitrogens is 1. The predicted octanol–water partition coefficient (Wildman–Crippen LogP) is 1.49. The zero-order chi connectivity index (χ0) is 13.9. The molecule has 1 saturated heterocycles. The third kappa shape index (κ3) is 4.08. The molecule has 1 aromatic rings. The van der Waals surface area contributed by atoms with Crippen molar-refractivity contribution >= 4 is 38.1 Å². The Morgan fingerprint density at radius 3 is 3.05 bits per heavy atom. The minimum Gasteiger partial charge on any atom is -0.362 e. The smallest absolute Gasteiger partial charge is 0.182 e. The molecular formula is C11H19N3O2S3. The molecule has 0 aromatic carbocycles. The molecule has 5 nitrogen and oxygen atoms in total. The topological polar surface area (TPSA) is 62.3 Å². The van der Waals surface area contributed by atoms with Crippen LogP contribution in [0.3, 0.4) is 0 Å². The van der Waals surface area contributed by atoms with Crippen LogP contribution in [0.4, 0.5) is 5.13 Å². The lowest BCUT2D eigenvalue weighted by atomic mass is 10.4. The Bertz CT molecular complexity index is 515. The van der Waals surface area contributed by atoms with Gasteiger partial charge in [-0.2, -0.15) is 11.8 Å². The second-order valence-electron chi connectivity index (χ2n) is 4.49. The van der Waals surface area contributed by atoms with Crippen molar-refractivity contribution < 1.29 is 8.42 Å². The van der Waals surface area contributed by atoms with Crippen molar-refractivity contribution in [1.29, 1.82) is 0 Å². The van der Waals surface area contributed by atoms with Crippen molar-refractivity contribution in [3.63, 3.8) is 0 Å². The highest BCUT2D eigenvalue weighted by Gasteiger charge is 2.31.